The molecule has 0 radical (unpaired) electrons. The number of halogens is 2. The minimum atomic E-state index is -0.994. The lowest BCUT2D eigenvalue weighted by atomic mass is 10.0. The van der Waals surface area contributed by atoms with Gasteiger partial charge in [-0.2, -0.15) is 0 Å². The predicted octanol–water partition coefficient (Wildman–Crippen LogP) is 5.79. The van der Waals surface area contributed by atoms with Crippen molar-refractivity contribution in [3.8, 4) is 17.6 Å². The van der Waals surface area contributed by atoms with Crippen LogP contribution >= 0.6 is 0 Å². The normalized spacial score (nSPS) is 10.4. The predicted molar refractivity (Wildman–Crippen MR) is 108 cm³/mol. The Labute approximate surface area is 167 Å². The maximum atomic E-state index is 14.3. The van der Waals surface area contributed by atoms with Crippen LogP contribution in [-0.2, 0) is 0 Å². The Morgan fingerprint density at radius 2 is 1.72 bits per heavy atom. The van der Waals surface area contributed by atoms with Crippen LogP contribution in [0.1, 0.15) is 47.7 Å². The van der Waals surface area contributed by atoms with Crippen LogP contribution < -0.4 is 4.74 Å². The molecule has 0 amide bonds. The second kappa shape index (κ2) is 9.20. The van der Waals surface area contributed by atoms with E-state index in [9.17, 15) is 13.6 Å². The van der Waals surface area contributed by atoms with Gasteiger partial charge in [-0.15, -0.1) is 0 Å². The topological polar surface area (TPSA) is 46.5 Å². The first-order valence-corrected chi connectivity index (χ1v) is 9.39. The van der Waals surface area contributed by atoms with Gasteiger partial charge in [0.2, 0.25) is 0 Å². The molecule has 0 bridgehead atoms. The highest BCUT2D eigenvalue weighted by molar-refractivity contribution is 5.94. The van der Waals surface area contributed by atoms with E-state index in [4.69, 9.17) is 9.84 Å². The van der Waals surface area contributed by atoms with Gasteiger partial charge in [0.15, 0.2) is 11.6 Å². The molecular formula is C24H20F2O3. The Morgan fingerprint density at radius 3 is 2.48 bits per heavy atom. The average molecular weight is 394 g/mol. The van der Waals surface area contributed by atoms with Crippen LogP contribution in [0.15, 0.2) is 48.5 Å². The molecule has 0 atom stereocenters. The smallest absolute Gasteiger partial charge is 0.335 e. The Hall–Kier alpha value is -3.39. The van der Waals surface area contributed by atoms with E-state index < -0.39 is 17.6 Å². The molecule has 3 aromatic carbocycles. The van der Waals surface area contributed by atoms with Crippen LogP contribution in [0.25, 0.3) is 10.8 Å². The van der Waals surface area contributed by atoms with E-state index in [1.165, 1.54) is 6.07 Å². The Balaban J connectivity index is 1.80. The van der Waals surface area contributed by atoms with E-state index in [1.54, 1.807) is 30.3 Å². The molecule has 3 nitrogen and oxygen atoms in total. The van der Waals surface area contributed by atoms with Crippen LogP contribution in [0.3, 0.4) is 0 Å². The fraction of sp³-hybridized carbons (Fsp3) is 0.208. The molecule has 0 aromatic heterocycles. The van der Waals surface area contributed by atoms with Gasteiger partial charge in [-0.25, -0.2) is 13.6 Å². The molecule has 0 spiro atoms. The summed E-state index contributed by atoms with van der Waals surface area (Å²) in [6.45, 7) is 2.40. The van der Waals surface area contributed by atoms with E-state index in [0.29, 0.717) is 12.2 Å². The first kappa shape index (κ1) is 20.3. The van der Waals surface area contributed by atoms with Crippen LogP contribution in [0.2, 0.25) is 0 Å². The number of ether oxygens (including phenoxy) is 1. The SMILES string of the molecule is CCCCCOc1cc(F)c(C#Cc2ccc3cc(C(=O)O)ccc3c2)cc1F. The minimum absolute atomic E-state index is 0.0512. The van der Waals surface area contributed by atoms with Gasteiger partial charge in [-0.3, -0.25) is 0 Å². The van der Waals surface area contributed by atoms with Gasteiger partial charge in [-0.1, -0.05) is 43.7 Å². The molecule has 0 aliphatic rings. The second-order valence-corrected chi connectivity index (χ2v) is 6.65. The van der Waals surface area contributed by atoms with Crippen molar-refractivity contribution in [1.82, 2.24) is 0 Å². The lowest BCUT2D eigenvalue weighted by Gasteiger charge is -2.07. The molecule has 148 valence electrons. The molecule has 5 heteroatoms. The van der Waals surface area contributed by atoms with Gasteiger partial charge in [0.25, 0.3) is 0 Å². The average Bonchev–Trinajstić information content (AvgIpc) is 2.71. The Bertz CT molecular complexity index is 1110. The van der Waals surface area contributed by atoms with Gasteiger partial charge in [-0.05, 0) is 47.5 Å². The molecule has 1 N–H and O–H groups in total. The number of carboxylic acids is 1. The molecule has 3 rings (SSSR count). The molecule has 0 aliphatic heterocycles. The summed E-state index contributed by atoms with van der Waals surface area (Å²) in [5, 5.41) is 10.6. The van der Waals surface area contributed by atoms with Gasteiger partial charge in [0, 0.05) is 11.6 Å². The summed E-state index contributed by atoms with van der Waals surface area (Å²) in [6, 6.07) is 12.1. The zero-order valence-corrected chi connectivity index (χ0v) is 16.0. The van der Waals surface area contributed by atoms with Crippen molar-refractivity contribution in [2.75, 3.05) is 6.61 Å². The first-order valence-electron chi connectivity index (χ1n) is 9.39. The number of benzene rings is 3. The maximum absolute atomic E-state index is 14.3. The number of carbonyl (C=O) groups is 1. The van der Waals surface area contributed by atoms with Crippen molar-refractivity contribution in [1.29, 1.82) is 0 Å². The van der Waals surface area contributed by atoms with Crippen LogP contribution in [0.4, 0.5) is 8.78 Å². The Kier molecular flexibility index (Phi) is 6.46. The first-order chi connectivity index (χ1) is 14.0. The maximum Gasteiger partial charge on any atom is 0.335 e. The van der Waals surface area contributed by atoms with Crippen molar-refractivity contribution < 1.29 is 23.4 Å². The molecular weight excluding hydrogens is 374 g/mol. The van der Waals surface area contributed by atoms with Gasteiger partial charge >= 0.3 is 5.97 Å². The summed E-state index contributed by atoms with van der Waals surface area (Å²) >= 11 is 0. The number of hydrogen-bond donors (Lipinski definition) is 1. The molecule has 0 fully saturated rings. The van der Waals surface area contributed by atoms with E-state index in [1.807, 2.05) is 0 Å². The molecule has 0 heterocycles. The van der Waals surface area contributed by atoms with Gasteiger partial charge < -0.3 is 9.84 Å². The third-order valence-corrected chi connectivity index (χ3v) is 4.46. The summed E-state index contributed by atoms with van der Waals surface area (Å²) in [5.74, 6) is 3.09. The van der Waals surface area contributed by atoms with Crippen molar-refractivity contribution in [2.45, 2.75) is 26.2 Å². The largest absolute Gasteiger partial charge is 0.490 e. The molecule has 3 aromatic rings. The van der Waals surface area contributed by atoms with Crippen molar-refractivity contribution in [3.63, 3.8) is 0 Å². The second-order valence-electron chi connectivity index (χ2n) is 6.65. The van der Waals surface area contributed by atoms with Crippen molar-refractivity contribution >= 4 is 16.7 Å². The molecule has 29 heavy (non-hydrogen) atoms. The lowest BCUT2D eigenvalue weighted by Crippen LogP contribution is -2.00. The zero-order valence-electron chi connectivity index (χ0n) is 16.0. The number of fused-ring (bicyclic) bond motifs is 1. The van der Waals surface area contributed by atoms with Crippen molar-refractivity contribution in [3.05, 3.63) is 76.9 Å². The van der Waals surface area contributed by atoms with Crippen molar-refractivity contribution in [2.24, 2.45) is 0 Å². The highest BCUT2D eigenvalue weighted by atomic mass is 19.1. The highest BCUT2D eigenvalue weighted by Gasteiger charge is 2.10. The minimum Gasteiger partial charge on any atom is -0.490 e. The fourth-order valence-corrected chi connectivity index (χ4v) is 2.87. The number of aromatic carboxylic acids is 1. The number of carboxylic acid groups (broad SMARTS) is 1. The standard InChI is InChI=1S/C24H20F2O3/c1-2-3-4-11-29-23-15-21(25)19(14-22(23)26)8-6-16-5-7-18-13-20(24(27)28)10-9-17(18)12-16/h5,7,9-10,12-15H,2-4,11H2,1H3,(H,27,28). The summed E-state index contributed by atoms with van der Waals surface area (Å²) < 4.78 is 33.8. The third-order valence-electron chi connectivity index (χ3n) is 4.46. The van der Waals surface area contributed by atoms with Crippen LogP contribution in [-0.4, -0.2) is 17.7 Å². The summed E-state index contributed by atoms with van der Waals surface area (Å²) in [7, 11) is 0. The van der Waals surface area contributed by atoms with E-state index in [-0.39, 0.29) is 16.9 Å². The molecule has 0 saturated heterocycles. The van der Waals surface area contributed by atoms with Gasteiger partial charge in [0.05, 0.1) is 17.7 Å². The van der Waals surface area contributed by atoms with Gasteiger partial charge in [0.1, 0.15) is 5.82 Å². The summed E-state index contributed by atoms with van der Waals surface area (Å²) in [4.78, 5) is 11.0. The zero-order chi connectivity index (χ0) is 20.8. The van der Waals surface area contributed by atoms with Crippen LogP contribution in [0.5, 0.6) is 5.75 Å². The number of unbranched alkanes of at least 4 members (excludes halogenated alkanes) is 2. The van der Waals surface area contributed by atoms with Crippen LogP contribution in [0, 0.1) is 23.5 Å². The Morgan fingerprint density at radius 1 is 0.966 bits per heavy atom. The molecule has 0 unspecified atom stereocenters. The molecule has 0 aliphatic carbocycles. The fourth-order valence-electron chi connectivity index (χ4n) is 2.87. The number of rotatable bonds is 6. The molecule has 0 saturated carbocycles. The lowest BCUT2D eigenvalue weighted by molar-refractivity contribution is 0.0697. The monoisotopic (exact) mass is 394 g/mol. The number of hydrogen-bond acceptors (Lipinski definition) is 2. The van der Waals surface area contributed by atoms with E-state index in [0.717, 1.165) is 42.2 Å². The highest BCUT2D eigenvalue weighted by Crippen LogP contribution is 2.22. The summed E-state index contributed by atoms with van der Waals surface area (Å²) in [5.41, 5.74) is 0.760. The van der Waals surface area contributed by atoms with E-state index in [2.05, 4.69) is 18.8 Å². The third kappa shape index (κ3) is 5.11. The van der Waals surface area contributed by atoms with E-state index >= 15 is 0 Å². The summed E-state index contributed by atoms with van der Waals surface area (Å²) in [6.07, 6.45) is 2.77. The quantitative estimate of drug-likeness (QED) is 0.425.